The zero-order valence-electron chi connectivity index (χ0n) is 11.7. The molecule has 0 bridgehead atoms. The first-order chi connectivity index (χ1) is 9.65. The van der Waals surface area contributed by atoms with Gasteiger partial charge in [0.15, 0.2) is 0 Å². The summed E-state index contributed by atoms with van der Waals surface area (Å²) in [4.78, 5) is 15.6. The van der Waals surface area contributed by atoms with Gasteiger partial charge in [-0.15, -0.1) is 11.3 Å². The van der Waals surface area contributed by atoms with Crippen LogP contribution in [0.5, 0.6) is 0 Å². The first-order valence-electron chi connectivity index (χ1n) is 6.56. The van der Waals surface area contributed by atoms with Crippen molar-refractivity contribution in [3.8, 4) is 0 Å². The summed E-state index contributed by atoms with van der Waals surface area (Å²) in [5, 5.41) is 0. The number of nitrogens with one attached hydrogen (secondary N) is 1. The van der Waals surface area contributed by atoms with E-state index in [1.807, 2.05) is 24.3 Å². The molecule has 1 heterocycles. The van der Waals surface area contributed by atoms with E-state index in [0.29, 0.717) is 4.88 Å². The fourth-order valence-electron chi connectivity index (χ4n) is 2.13. The first kappa shape index (κ1) is 14.6. The Morgan fingerprint density at radius 3 is 2.70 bits per heavy atom. The quantitative estimate of drug-likeness (QED) is 0.505. The van der Waals surface area contributed by atoms with Crippen molar-refractivity contribution in [3.05, 3.63) is 51.7 Å². The van der Waals surface area contributed by atoms with Crippen molar-refractivity contribution in [1.29, 1.82) is 0 Å². The van der Waals surface area contributed by atoms with Gasteiger partial charge in [-0.2, -0.15) is 0 Å². The van der Waals surface area contributed by atoms with Crippen molar-refractivity contribution < 1.29 is 4.79 Å². The third-order valence-corrected chi connectivity index (χ3v) is 4.27. The van der Waals surface area contributed by atoms with Crippen LogP contribution in [0.15, 0.2) is 36.4 Å². The van der Waals surface area contributed by atoms with Gasteiger partial charge < -0.3 is 4.90 Å². The van der Waals surface area contributed by atoms with Gasteiger partial charge in [0.2, 0.25) is 0 Å². The third kappa shape index (κ3) is 3.18. The number of para-hydroxylation sites is 1. The predicted octanol–water partition coefficient (Wildman–Crippen LogP) is 2.69. The number of carbonyl (C=O) groups is 1. The molecule has 1 amide bonds. The highest BCUT2D eigenvalue weighted by molar-refractivity contribution is 7.14. The molecule has 106 valence electrons. The highest BCUT2D eigenvalue weighted by Crippen LogP contribution is 2.24. The Balaban J connectivity index is 2.17. The Kier molecular flexibility index (Phi) is 4.76. The van der Waals surface area contributed by atoms with E-state index in [0.717, 1.165) is 18.0 Å². The summed E-state index contributed by atoms with van der Waals surface area (Å²) in [5.41, 5.74) is 4.65. The van der Waals surface area contributed by atoms with Gasteiger partial charge in [0.25, 0.3) is 5.91 Å². The smallest absolute Gasteiger partial charge is 0.275 e. The first-order valence-corrected chi connectivity index (χ1v) is 7.37. The largest absolute Gasteiger partial charge is 0.366 e. The number of amides is 1. The second-order valence-electron chi connectivity index (χ2n) is 4.54. The molecule has 0 saturated carbocycles. The number of nitrogens with zero attached hydrogens (tertiary/aromatic N) is 1. The number of carbonyl (C=O) groups excluding carboxylic acids is 1. The molecule has 0 radical (unpaired) electrons. The molecule has 0 aliphatic rings. The zero-order chi connectivity index (χ0) is 14.5. The van der Waals surface area contributed by atoms with Gasteiger partial charge in [-0.25, -0.2) is 5.84 Å². The van der Waals surface area contributed by atoms with Crippen molar-refractivity contribution in [2.24, 2.45) is 5.84 Å². The van der Waals surface area contributed by atoms with Crippen LogP contribution in [0.25, 0.3) is 0 Å². The number of thiophene rings is 1. The number of benzene rings is 1. The number of anilines is 1. The van der Waals surface area contributed by atoms with E-state index in [1.54, 1.807) is 0 Å². The fourth-order valence-corrected chi connectivity index (χ4v) is 3.06. The SMILES string of the molecule is CCN(Cc1ccc(C(=O)NN)s1)c1ccccc1C. The van der Waals surface area contributed by atoms with Crippen LogP contribution < -0.4 is 16.2 Å². The van der Waals surface area contributed by atoms with Crippen LogP contribution in [0.4, 0.5) is 5.69 Å². The molecule has 0 atom stereocenters. The van der Waals surface area contributed by atoms with Crippen LogP contribution in [0, 0.1) is 6.92 Å². The molecule has 2 rings (SSSR count). The molecular formula is C15H19N3OS. The zero-order valence-corrected chi connectivity index (χ0v) is 12.5. The molecule has 0 saturated heterocycles. The molecular weight excluding hydrogens is 270 g/mol. The van der Waals surface area contributed by atoms with Crippen molar-refractivity contribution in [3.63, 3.8) is 0 Å². The van der Waals surface area contributed by atoms with E-state index in [2.05, 4.69) is 36.3 Å². The maximum atomic E-state index is 11.5. The number of hydrazine groups is 1. The van der Waals surface area contributed by atoms with Crippen molar-refractivity contribution >= 4 is 22.9 Å². The van der Waals surface area contributed by atoms with Crippen molar-refractivity contribution in [1.82, 2.24) is 5.43 Å². The number of aryl methyl sites for hydroxylation is 1. The maximum Gasteiger partial charge on any atom is 0.275 e. The molecule has 0 unspecified atom stereocenters. The lowest BCUT2D eigenvalue weighted by Gasteiger charge is -2.24. The molecule has 3 N–H and O–H groups in total. The van der Waals surface area contributed by atoms with Crippen LogP contribution in [0.3, 0.4) is 0 Å². The number of nitrogens with two attached hydrogens (primary N) is 1. The van der Waals surface area contributed by atoms with Crippen LogP contribution in [-0.4, -0.2) is 12.5 Å². The maximum absolute atomic E-state index is 11.5. The molecule has 0 aliphatic heterocycles. The third-order valence-electron chi connectivity index (χ3n) is 3.20. The van der Waals surface area contributed by atoms with Gasteiger partial charge in [-0.05, 0) is 37.6 Å². The molecule has 2 aromatic rings. The summed E-state index contributed by atoms with van der Waals surface area (Å²) < 4.78 is 0. The number of hydrogen-bond donors (Lipinski definition) is 2. The molecule has 4 nitrogen and oxygen atoms in total. The van der Waals surface area contributed by atoms with Gasteiger partial charge in [-0.1, -0.05) is 18.2 Å². The van der Waals surface area contributed by atoms with Gasteiger partial charge in [0, 0.05) is 17.1 Å². The second kappa shape index (κ2) is 6.54. The number of hydrogen-bond acceptors (Lipinski definition) is 4. The van der Waals surface area contributed by atoms with E-state index in [4.69, 9.17) is 5.84 Å². The molecule has 1 aromatic heterocycles. The average Bonchev–Trinajstić information content (AvgIpc) is 2.93. The Morgan fingerprint density at radius 1 is 1.30 bits per heavy atom. The highest BCUT2D eigenvalue weighted by atomic mass is 32.1. The highest BCUT2D eigenvalue weighted by Gasteiger charge is 2.11. The van der Waals surface area contributed by atoms with Gasteiger partial charge in [0.05, 0.1) is 11.4 Å². The summed E-state index contributed by atoms with van der Waals surface area (Å²) in [5.74, 6) is 4.91. The Bertz CT molecular complexity index is 594. The minimum Gasteiger partial charge on any atom is -0.366 e. The van der Waals surface area contributed by atoms with Crippen LogP contribution >= 0.6 is 11.3 Å². The monoisotopic (exact) mass is 289 g/mol. The summed E-state index contributed by atoms with van der Waals surface area (Å²) in [6.07, 6.45) is 0. The number of nitrogen functional groups attached to an aromatic ring is 1. The van der Waals surface area contributed by atoms with Crippen molar-refractivity contribution in [2.75, 3.05) is 11.4 Å². The summed E-state index contributed by atoms with van der Waals surface area (Å²) in [6, 6.07) is 12.1. The normalized spacial score (nSPS) is 10.3. The van der Waals surface area contributed by atoms with Crippen LogP contribution in [0.2, 0.25) is 0 Å². The lowest BCUT2D eigenvalue weighted by atomic mass is 10.2. The summed E-state index contributed by atoms with van der Waals surface area (Å²) in [6.45, 7) is 5.96. The molecule has 20 heavy (non-hydrogen) atoms. The minimum atomic E-state index is -0.236. The van der Waals surface area contributed by atoms with E-state index in [1.165, 1.54) is 22.6 Å². The number of rotatable bonds is 5. The predicted molar refractivity (Wildman–Crippen MR) is 83.9 cm³/mol. The van der Waals surface area contributed by atoms with E-state index < -0.39 is 0 Å². The molecule has 5 heteroatoms. The topological polar surface area (TPSA) is 58.4 Å². The fraction of sp³-hybridized carbons (Fsp3) is 0.267. The van der Waals surface area contributed by atoms with Gasteiger partial charge in [0.1, 0.15) is 0 Å². The van der Waals surface area contributed by atoms with Gasteiger partial charge in [-0.3, -0.25) is 10.2 Å². The Labute approximate surface area is 123 Å². The Morgan fingerprint density at radius 2 is 2.05 bits per heavy atom. The Hall–Kier alpha value is -1.85. The van der Waals surface area contributed by atoms with Crippen LogP contribution in [0.1, 0.15) is 27.0 Å². The summed E-state index contributed by atoms with van der Waals surface area (Å²) >= 11 is 1.48. The van der Waals surface area contributed by atoms with Crippen LogP contribution in [-0.2, 0) is 6.54 Å². The second-order valence-corrected chi connectivity index (χ2v) is 5.71. The molecule has 0 aliphatic carbocycles. The van der Waals surface area contributed by atoms with Crippen molar-refractivity contribution in [2.45, 2.75) is 20.4 Å². The standard InChI is InChI=1S/C15H19N3OS/c1-3-18(13-7-5-4-6-11(13)2)10-12-8-9-14(20-12)15(19)17-16/h4-9H,3,10,16H2,1-2H3,(H,17,19). The molecule has 0 spiro atoms. The minimum absolute atomic E-state index is 0.236. The van der Waals surface area contributed by atoms with E-state index >= 15 is 0 Å². The van der Waals surface area contributed by atoms with Gasteiger partial charge >= 0.3 is 0 Å². The lowest BCUT2D eigenvalue weighted by Crippen LogP contribution is -2.29. The molecule has 1 aromatic carbocycles. The van der Waals surface area contributed by atoms with E-state index in [-0.39, 0.29) is 5.91 Å². The summed E-state index contributed by atoms with van der Waals surface area (Å²) in [7, 11) is 0. The molecule has 0 fully saturated rings. The van der Waals surface area contributed by atoms with E-state index in [9.17, 15) is 4.79 Å². The average molecular weight is 289 g/mol. The lowest BCUT2D eigenvalue weighted by molar-refractivity contribution is 0.0957.